The number of aromatic nitrogens is 4. The molecule has 4 aromatic rings. The predicted molar refractivity (Wildman–Crippen MR) is 146 cm³/mol. The molecule has 0 radical (unpaired) electrons. The van der Waals surface area contributed by atoms with E-state index in [1.807, 2.05) is 47.1 Å². The molecule has 0 atom stereocenters. The molecule has 2 aliphatic carbocycles. The zero-order valence-corrected chi connectivity index (χ0v) is 21.6. The smallest absolute Gasteiger partial charge is 0.252 e. The number of pyridine rings is 2. The van der Waals surface area contributed by atoms with Crippen molar-refractivity contribution in [3.63, 3.8) is 0 Å². The Morgan fingerprint density at radius 2 is 1.85 bits per heavy atom. The second kappa shape index (κ2) is 10.3. The van der Waals surface area contributed by atoms with Crippen molar-refractivity contribution in [1.82, 2.24) is 25.1 Å². The number of fused-ring (bicyclic) bond motifs is 1. The summed E-state index contributed by atoms with van der Waals surface area (Å²) >= 11 is 0. The van der Waals surface area contributed by atoms with Crippen molar-refractivity contribution in [1.29, 1.82) is 5.26 Å². The van der Waals surface area contributed by atoms with Crippen molar-refractivity contribution >= 4 is 28.4 Å². The Hall–Kier alpha value is -4.58. The predicted octanol–water partition coefficient (Wildman–Crippen LogP) is 5.03. The third kappa shape index (κ3) is 4.74. The molecule has 3 heterocycles. The van der Waals surface area contributed by atoms with Crippen LogP contribution < -0.4 is 10.6 Å². The first-order chi connectivity index (χ1) is 19.1. The minimum Gasteiger partial charge on any atom is -0.338 e. The first kappa shape index (κ1) is 24.7. The first-order valence-corrected chi connectivity index (χ1v) is 13.5. The maximum atomic E-state index is 13.4. The number of amides is 2. The molecular weight excluding hydrogens is 490 g/mol. The van der Waals surface area contributed by atoms with Crippen molar-refractivity contribution in [2.45, 2.75) is 62.8 Å². The summed E-state index contributed by atoms with van der Waals surface area (Å²) in [5, 5.41) is 20.7. The van der Waals surface area contributed by atoms with Crippen molar-refractivity contribution in [2.75, 3.05) is 5.32 Å². The van der Waals surface area contributed by atoms with Crippen LogP contribution in [0.25, 0.3) is 16.7 Å². The number of benzene rings is 1. The molecule has 2 N–H and O–H groups in total. The Kier molecular flexibility index (Phi) is 6.53. The van der Waals surface area contributed by atoms with Crippen LogP contribution in [-0.2, 0) is 4.79 Å². The van der Waals surface area contributed by atoms with E-state index in [0.29, 0.717) is 30.0 Å². The highest BCUT2D eigenvalue weighted by molar-refractivity contribution is 6.05. The van der Waals surface area contributed by atoms with Crippen LogP contribution in [0.1, 0.15) is 79.0 Å². The molecule has 9 nitrogen and oxygen atoms in total. The van der Waals surface area contributed by atoms with Gasteiger partial charge in [-0.15, -0.1) is 0 Å². The van der Waals surface area contributed by atoms with Gasteiger partial charge in [0.15, 0.2) is 5.82 Å². The van der Waals surface area contributed by atoms with Gasteiger partial charge in [0.1, 0.15) is 17.3 Å². The molecule has 9 heteroatoms. The summed E-state index contributed by atoms with van der Waals surface area (Å²) in [7, 11) is 0. The molecule has 2 aliphatic rings. The molecule has 3 aromatic heterocycles. The van der Waals surface area contributed by atoms with Crippen molar-refractivity contribution in [3.8, 4) is 11.9 Å². The van der Waals surface area contributed by atoms with Crippen LogP contribution in [0.4, 0.5) is 5.69 Å². The van der Waals surface area contributed by atoms with Crippen LogP contribution in [0.15, 0.2) is 60.9 Å². The Labute approximate surface area is 226 Å². The lowest BCUT2D eigenvalue weighted by Crippen LogP contribution is -2.61. The van der Waals surface area contributed by atoms with E-state index in [2.05, 4.69) is 20.6 Å². The topological polar surface area (TPSA) is 126 Å². The highest BCUT2D eigenvalue weighted by Gasteiger charge is 2.45. The van der Waals surface area contributed by atoms with Gasteiger partial charge in [-0.2, -0.15) is 10.4 Å². The van der Waals surface area contributed by atoms with Gasteiger partial charge in [0.2, 0.25) is 5.91 Å². The van der Waals surface area contributed by atoms with E-state index < -0.39 is 5.54 Å². The summed E-state index contributed by atoms with van der Waals surface area (Å²) in [5.41, 5.74) is 2.12. The maximum Gasteiger partial charge on any atom is 0.252 e. The van der Waals surface area contributed by atoms with E-state index in [1.165, 1.54) is 25.5 Å². The van der Waals surface area contributed by atoms with Gasteiger partial charge in [-0.1, -0.05) is 31.4 Å². The van der Waals surface area contributed by atoms with Crippen molar-refractivity contribution in [3.05, 3.63) is 77.9 Å². The van der Waals surface area contributed by atoms with Gasteiger partial charge in [-0.25, -0.2) is 14.6 Å². The van der Waals surface area contributed by atoms with Gasteiger partial charge in [-0.05, 0) is 68.5 Å². The summed E-state index contributed by atoms with van der Waals surface area (Å²) in [4.78, 5) is 35.1. The molecule has 6 rings (SSSR count). The molecule has 0 unspecified atom stereocenters. The van der Waals surface area contributed by atoms with Gasteiger partial charge in [0.05, 0.1) is 23.1 Å². The molecule has 2 fully saturated rings. The fraction of sp³-hybridized carbons (Fsp3) is 0.333. The summed E-state index contributed by atoms with van der Waals surface area (Å²) in [6.45, 7) is 0. The first-order valence-electron chi connectivity index (χ1n) is 13.5. The molecular formula is C30H29N7O2. The number of nitriles is 1. The number of nitrogens with zero attached hydrogens (tertiary/aromatic N) is 5. The van der Waals surface area contributed by atoms with Crippen LogP contribution >= 0.6 is 0 Å². The van der Waals surface area contributed by atoms with Crippen LogP contribution in [0, 0.1) is 11.3 Å². The second-order valence-corrected chi connectivity index (χ2v) is 10.4. The average Bonchev–Trinajstić information content (AvgIpc) is 3.35. The highest BCUT2D eigenvalue weighted by Crippen LogP contribution is 2.38. The van der Waals surface area contributed by atoms with E-state index in [9.17, 15) is 9.59 Å². The fourth-order valence-electron chi connectivity index (χ4n) is 5.68. The van der Waals surface area contributed by atoms with Crippen LogP contribution in [0.3, 0.4) is 0 Å². The van der Waals surface area contributed by atoms with Gasteiger partial charge >= 0.3 is 0 Å². The molecule has 1 aromatic carbocycles. The number of nitrogens with one attached hydrogen (secondary N) is 2. The number of hydrogen-bond donors (Lipinski definition) is 2. The van der Waals surface area contributed by atoms with Crippen LogP contribution in [-0.4, -0.2) is 37.1 Å². The Morgan fingerprint density at radius 3 is 2.51 bits per heavy atom. The zero-order valence-electron chi connectivity index (χ0n) is 21.6. The van der Waals surface area contributed by atoms with Crippen LogP contribution in [0.5, 0.6) is 0 Å². The normalized spacial score (nSPS) is 16.7. The number of rotatable bonds is 6. The molecule has 0 bridgehead atoms. The van der Waals surface area contributed by atoms with E-state index >= 15 is 0 Å². The van der Waals surface area contributed by atoms with Gasteiger partial charge in [0.25, 0.3) is 5.91 Å². The Balaban J connectivity index is 1.27. The summed E-state index contributed by atoms with van der Waals surface area (Å²) in [5.74, 6) is 0.566. The van der Waals surface area contributed by atoms with Gasteiger partial charge < -0.3 is 10.6 Å². The van der Waals surface area contributed by atoms with Gasteiger partial charge in [0, 0.05) is 23.1 Å². The third-order valence-electron chi connectivity index (χ3n) is 7.96. The molecule has 0 saturated heterocycles. The minimum atomic E-state index is -0.986. The lowest BCUT2D eigenvalue weighted by Gasteiger charge is -2.40. The number of anilines is 1. The van der Waals surface area contributed by atoms with Crippen molar-refractivity contribution < 1.29 is 9.59 Å². The lowest BCUT2D eigenvalue weighted by atomic mass is 9.75. The number of carbonyl (C=O) groups excluding carboxylic acids is 2. The minimum absolute atomic E-state index is 0.271. The molecule has 39 heavy (non-hydrogen) atoms. The monoisotopic (exact) mass is 519 g/mol. The summed E-state index contributed by atoms with van der Waals surface area (Å²) < 4.78 is 1.94. The molecule has 2 amide bonds. The SMILES string of the molecule is N#Cc1ccc(NC(=O)C2(NC(=O)c3ccc4c(C5CCCCC5)n(-c5ccccn5)nc4c3)CCC2)cn1. The zero-order chi connectivity index (χ0) is 26.8. The molecule has 196 valence electrons. The van der Waals surface area contributed by atoms with Crippen molar-refractivity contribution in [2.24, 2.45) is 0 Å². The van der Waals surface area contributed by atoms with Gasteiger partial charge in [-0.3, -0.25) is 9.59 Å². The highest BCUT2D eigenvalue weighted by atomic mass is 16.2. The fourth-order valence-corrected chi connectivity index (χ4v) is 5.68. The Morgan fingerprint density at radius 1 is 1.00 bits per heavy atom. The maximum absolute atomic E-state index is 13.4. The van der Waals surface area contributed by atoms with E-state index in [0.717, 1.165) is 41.7 Å². The third-order valence-corrected chi connectivity index (χ3v) is 7.96. The second-order valence-electron chi connectivity index (χ2n) is 10.4. The summed E-state index contributed by atoms with van der Waals surface area (Å²) in [6, 6.07) is 16.5. The standard InChI is InChI=1S/C30H29N7O2/c31-18-22-11-12-23(19-33-22)34-29(39)30(14-6-15-30)35-28(38)21-10-13-24-25(17-21)36-37(26-9-4-5-16-32-26)27(24)20-7-2-1-3-8-20/h4-5,9-13,16-17,19-20H,1-3,6-8,14-15H2,(H,34,39)(H,35,38). The average molecular weight is 520 g/mol. The summed E-state index contributed by atoms with van der Waals surface area (Å²) in [6.07, 6.45) is 11.0. The van der Waals surface area contributed by atoms with Crippen LogP contribution in [0.2, 0.25) is 0 Å². The number of carbonyl (C=O) groups is 2. The number of hydrogen-bond acceptors (Lipinski definition) is 6. The van der Waals surface area contributed by atoms with E-state index in [1.54, 1.807) is 18.3 Å². The molecule has 2 saturated carbocycles. The molecule has 0 aliphatic heterocycles. The quantitative estimate of drug-likeness (QED) is 0.368. The van der Waals surface area contributed by atoms with E-state index in [4.69, 9.17) is 10.4 Å². The largest absolute Gasteiger partial charge is 0.338 e. The van der Waals surface area contributed by atoms with E-state index in [-0.39, 0.29) is 17.5 Å². The molecule has 0 spiro atoms. The Bertz CT molecular complexity index is 1560. The lowest BCUT2D eigenvalue weighted by molar-refractivity contribution is -0.125.